The first-order valence-corrected chi connectivity index (χ1v) is 8.23. The summed E-state index contributed by atoms with van der Waals surface area (Å²) in [5.41, 5.74) is 3.29. The number of aromatic amines is 1. The Hall–Kier alpha value is -2.80. The number of carboxylic acids is 1. The number of thioether (sulfide) groups is 1. The number of H-pyrrole nitrogens is 1. The van der Waals surface area contributed by atoms with Crippen molar-refractivity contribution in [2.75, 3.05) is 11.1 Å². The number of para-hydroxylation sites is 1. The molecule has 0 spiro atoms. The summed E-state index contributed by atoms with van der Waals surface area (Å²) in [4.78, 5) is 30.4. The highest BCUT2D eigenvalue weighted by atomic mass is 32.2. The number of aromatic nitrogens is 2. The number of benzene rings is 2. The second-order valence-electron chi connectivity index (χ2n) is 5.23. The summed E-state index contributed by atoms with van der Waals surface area (Å²) in [6.45, 7) is 1.93. The van der Waals surface area contributed by atoms with Crippen LogP contribution in [0.1, 0.15) is 15.9 Å². The molecule has 0 fully saturated rings. The van der Waals surface area contributed by atoms with E-state index < -0.39 is 5.97 Å². The number of aryl methyl sites for hydroxylation is 1. The Morgan fingerprint density at radius 1 is 1.25 bits per heavy atom. The van der Waals surface area contributed by atoms with Crippen molar-refractivity contribution in [2.45, 2.75) is 12.1 Å². The number of anilines is 1. The van der Waals surface area contributed by atoms with Crippen LogP contribution in [-0.4, -0.2) is 32.7 Å². The van der Waals surface area contributed by atoms with E-state index in [-0.39, 0.29) is 17.2 Å². The van der Waals surface area contributed by atoms with Crippen molar-refractivity contribution >= 4 is 40.4 Å². The molecule has 1 aromatic heterocycles. The number of hydrogen-bond donors (Lipinski definition) is 3. The van der Waals surface area contributed by atoms with Gasteiger partial charge >= 0.3 is 5.97 Å². The molecule has 0 aliphatic rings. The molecular weight excluding hydrogens is 326 g/mol. The minimum absolute atomic E-state index is 0.124. The number of nitrogens with one attached hydrogen (secondary N) is 2. The Balaban J connectivity index is 1.66. The van der Waals surface area contributed by atoms with E-state index in [4.69, 9.17) is 5.11 Å². The summed E-state index contributed by atoms with van der Waals surface area (Å²) >= 11 is 1.27. The van der Waals surface area contributed by atoms with Crippen molar-refractivity contribution in [3.8, 4) is 0 Å². The van der Waals surface area contributed by atoms with Crippen LogP contribution in [0.4, 0.5) is 5.69 Å². The minimum atomic E-state index is -0.988. The predicted octanol–water partition coefficient (Wildman–Crippen LogP) is 3.30. The van der Waals surface area contributed by atoms with E-state index in [9.17, 15) is 9.59 Å². The molecule has 1 heterocycles. The molecular formula is C17H15N3O3S. The van der Waals surface area contributed by atoms with E-state index >= 15 is 0 Å². The molecule has 3 rings (SSSR count). The largest absolute Gasteiger partial charge is 0.478 e. The summed E-state index contributed by atoms with van der Waals surface area (Å²) in [5.74, 6) is -0.903. The fraction of sp³-hybridized carbons (Fsp3) is 0.118. The van der Waals surface area contributed by atoms with Gasteiger partial charge in [0.2, 0.25) is 5.91 Å². The zero-order valence-electron chi connectivity index (χ0n) is 12.9. The maximum absolute atomic E-state index is 12.0. The highest BCUT2D eigenvalue weighted by Crippen LogP contribution is 2.21. The van der Waals surface area contributed by atoms with Gasteiger partial charge in [0, 0.05) is 5.69 Å². The number of carboxylic acid groups (broad SMARTS) is 1. The molecule has 7 heteroatoms. The molecule has 3 aromatic rings. The predicted molar refractivity (Wildman–Crippen MR) is 93.6 cm³/mol. The number of imidazole rings is 1. The lowest BCUT2D eigenvalue weighted by Crippen LogP contribution is -2.14. The quantitative estimate of drug-likeness (QED) is 0.619. The van der Waals surface area contributed by atoms with Crippen molar-refractivity contribution in [3.63, 3.8) is 0 Å². The van der Waals surface area contributed by atoms with Gasteiger partial charge in [0.15, 0.2) is 5.16 Å². The van der Waals surface area contributed by atoms with Crippen LogP contribution in [0.2, 0.25) is 0 Å². The second-order valence-corrected chi connectivity index (χ2v) is 6.19. The Bertz CT molecular complexity index is 920. The van der Waals surface area contributed by atoms with Crippen LogP contribution < -0.4 is 5.32 Å². The molecule has 0 atom stereocenters. The van der Waals surface area contributed by atoms with Crippen LogP contribution >= 0.6 is 11.8 Å². The highest BCUT2D eigenvalue weighted by Gasteiger charge is 2.10. The standard InChI is InChI=1S/C17H15N3O3S/c1-10-4-2-3-5-12(10)18-15(21)9-24-17-19-13-7-6-11(16(22)23)8-14(13)20-17/h2-8H,9H2,1H3,(H,18,21)(H,19,20)(H,22,23). The Morgan fingerprint density at radius 2 is 2.04 bits per heavy atom. The number of hydrogen-bond acceptors (Lipinski definition) is 4. The zero-order valence-corrected chi connectivity index (χ0v) is 13.7. The Kier molecular flexibility index (Phi) is 4.52. The number of rotatable bonds is 5. The van der Waals surface area contributed by atoms with Crippen LogP contribution in [0, 0.1) is 6.92 Å². The molecule has 0 aliphatic heterocycles. The van der Waals surface area contributed by atoms with Crippen LogP contribution in [0.3, 0.4) is 0 Å². The maximum atomic E-state index is 12.0. The van der Waals surface area contributed by atoms with E-state index in [1.807, 2.05) is 31.2 Å². The summed E-state index contributed by atoms with van der Waals surface area (Å²) in [6.07, 6.45) is 0. The van der Waals surface area contributed by atoms with Gasteiger partial charge in [0.1, 0.15) is 0 Å². The Morgan fingerprint density at radius 3 is 2.79 bits per heavy atom. The van der Waals surface area contributed by atoms with Gasteiger partial charge < -0.3 is 15.4 Å². The smallest absolute Gasteiger partial charge is 0.335 e. The third kappa shape index (κ3) is 3.57. The molecule has 0 unspecified atom stereocenters. The average Bonchev–Trinajstić information content (AvgIpc) is 2.97. The molecule has 1 amide bonds. The second kappa shape index (κ2) is 6.76. The third-order valence-corrected chi connectivity index (χ3v) is 4.34. The van der Waals surface area contributed by atoms with E-state index in [1.165, 1.54) is 23.9 Å². The molecule has 3 N–H and O–H groups in total. The number of amides is 1. The lowest BCUT2D eigenvalue weighted by molar-refractivity contribution is -0.113. The lowest BCUT2D eigenvalue weighted by Gasteiger charge is -2.06. The molecule has 2 aromatic carbocycles. The molecule has 122 valence electrons. The highest BCUT2D eigenvalue weighted by molar-refractivity contribution is 7.99. The van der Waals surface area contributed by atoms with Gasteiger partial charge in [0.25, 0.3) is 0 Å². The van der Waals surface area contributed by atoms with Gasteiger partial charge in [-0.3, -0.25) is 4.79 Å². The van der Waals surface area contributed by atoms with E-state index in [0.29, 0.717) is 16.2 Å². The molecule has 0 radical (unpaired) electrons. The van der Waals surface area contributed by atoms with Crippen molar-refractivity contribution < 1.29 is 14.7 Å². The fourth-order valence-electron chi connectivity index (χ4n) is 2.22. The monoisotopic (exact) mass is 341 g/mol. The fourth-order valence-corrected chi connectivity index (χ4v) is 2.91. The van der Waals surface area contributed by atoms with Gasteiger partial charge in [-0.15, -0.1) is 0 Å². The molecule has 6 nitrogen and oxygen atoms in total. The van der Waals surface area contributed by atoms with Crippen molar-refractivity contribution in [2.24, 2.45) is 0 Å². The van der Waals surface area contributed by atoms with Crippen LogP contribution in [0.15, 0.2) is 47.6 Å². The number of nitrogens with zero attached hydrogens (tertiary/aromatic N) is 1. The zero-order chi connectivity index (χ0) is 17.1. The van der Waals surface area contributed by atoms with E-state index in [2.05, 4.69) is 15.3 Å². The summed E-state index contributed by atoms with van der Waals surface area (Å²) in [7, 11) is 0. The first-order chi connectivity index (χ1) is 11.5. The number of aromatic carboxylic acids is 1. The topological polar surface area (TPSA) is 95.1 Å². The normalized spacial score (nSPS) is 10.7. The van der Waals surface area contributed by atoms with Gasteiger partial charge in [-0.2, -0.15) is 0 Å². The first-order valence-electron chi connectivity index (χ1n) is 7.24. The van der Waals surface area contributed by atoms with Crippen molar-refractivity contribution in [1.82, 2.24) is 9.97 Å². The molecule has 0 aliphatic carbocycles. The molecule has 0 saturated carbocycles. The number of fused-ring (bicyclic) bond motifs is 1. The van der Waals surface area contributed by atoms with E-state index in [0.717, 1.165) is 11.3 Å². The van der Waals surface area contributed by atoms with Crippen molar-refractivity contribution in [1.29, 1.82) is 0 Å². The van der Waals surface area contributed by atoms with Gasteiger partial charge in [-0.25, -0.2) is 9.78 Å². The maximum Gasteiger partial charge on any atom is 0.335 e. The van der Waals surface area contributed by atoms with Crippen LogP contribution in [0.25, 0.3) is 11.0 Å². The number of carbonyl (C=O) groups excluding carboxylic acids is 1. The molecule has 0 saturated heterocycles. The minimum Gasteiger partial charge on any atom is -0.478 e. The lowest BCUT2D eigenvalue weighted by atomic mass is 10.2. The SMILES string of the molecule is Cc1ccccc1NC(=O)CSc1nc2ccc(C(=O)O)cc2[nH]1. The Labute approximate surface area is 142 Å². The van der Waals surface area contributed by atoms with Gasteiger partial charge in [-0.05, 0) is 36.8 Å². The van der Waals surface area contributed by atoms with Gasteiger partial charge in [-0.1, -0.05) is 30.0 Å². The summed E-state index contributed by atoms with van der Waals surface area (Å²) in [5, 5.41) is 12.4. The first kappa shape index (κ1) is 16.1. The van der Waals surface area contributed by atoms with Crippen LogP contribution in [0.5, 0.6) is 0 Å². The summed E-state index contributed by atoms with van der Waals surface area (Å²) in [6, 6.07) is 12.3. The molecule has 24 heavy (non-hydrogen) atoms. The molecule has 0 bridgehead atoms. The van der Waals surface area contributed by atoms with Crippen LogP contribution in [-0.2, 0) is 4.79 Å². The third-order valence-electron chi connectivity index (χ3n) is 3.47. The van der Waals surface area contributed by atoms with Gasteiger partial charge in [0.05, 0.1) is 22.3 Å². The number of carbonyl (C=O) groups is 2. The van der Waals surface area contributed by atoms with Crippen molar-refractivity contribution in [3.05, 3.63) is 53.6 Å². The van der Waals surface area contributed by atoms with E-state index in [1.54, 1.807) is 6.07 Å². The summed E-state index contributed by atoms with van der Waals surface area (Å²) < 4.78 is 0. The average molecular weight is 341 g/mol.